The van der Waals surface area contributed by atoms with Crippen molar-refractivity contribution in [3.05, 3.63) is 30.5 Å². The molecular weight excluding hydrogens is 316 g/mol. The maximum absolute atomic E-state index is 11.6. The van der Waals surface area contributed by atoms with Crippen LogP contribution in [0.3, 0.4) is 0 Å². The average molecular weight is 338 g/mol. The minimum Gasteiger partial charge on any atom is -0.370 e. The van der Waals surface area contributed by atoms with E-state index in [2.05, 4.69) is 15.0 Å². The summed E-state index contributed by atoms with van der Waals surface area (Å²) in [5, 5.41) is 5.68. The molecule has 0 saturated heterocycles. The zero-order valence-corrected chi connectivity index (χ0v) is 14.3. The number of amides is 1. The molecule has 1 amide bonds. The Morgan fingerprint density at radius 2 is 2.20 bits per heavy atom. The first-order valence-corrected chi connectivity index (χ1v) is 8.76. The zero-order chi connectivity index (χ0) is 17.4. The number of nitrogens with zero attached hydrogens (tertiary/aromatic N) is 4. The Morgan fingerprint density at radius 3 is 2.96 bits per heavy atom. The fourth-order valence-corrected chi connectivity index (χ4v) is 4.00. The highest BCUT2D eigenvalue weighted by Crippen LogP contribution is 2.37. The van der Waals surface area contributed by atoms with Crippen LogP contribution < -0.4 is 5.73 Å². The van der Waals surface area contributed by atoms with Crippen LogP contribution in [0.25, 0.3) is 22.3 Å². The molecular formula is C18H22N6O. The highest BCUT2D eigenvalue weighted by Gasteiger charge is 2.29. The number of nitrogens with one attached hydrogen (secondary N) is 1. The number of hydrogen-bond donors (Lipinski definition) is 2. The molecule has 0 unspecified atom stereocenters. The second-order valence-corrected chi connectivity index (χ2v) is 6.85. The van der Waals surface area contributed by atoms with Gasteiger partial charge in [0.05, 0.1) is 17.4 Å². The normalized spacial score (nSPS) is 16.5. The lowest BCUT2D eigenvalue weighted by molar-refractivity contribution is -0.119. The monoisotopic (exact) mass is 338 g/mol. The molecule has 0 aliphatic heterocycles. The van der Waals surface area contributed by atoms with E-state index in [1.54, 1.807) is 6.33 Å². The summed E-state index contributed by atoms with van der Waals surface area (Å²) in [7, 11) is 0. The van der Waals surface area contributed by atoms with Gasteiger partial charge in [0.15, 0.2) is 0 Å². The predicted molar refractivity (Wildman–Crippen MR) is 94.7 cm³/mol. The largest absolute Gasteiger partial charge is 0.370 e. The van der Waals surface area contributed by atoms with Crippen molar-refractivity contribution in [1.29, 1.82) is 0 Å². The number of aryl methyl sites for hydroxylation is 1. The van der Waals surface area contributed by atoms with E-state index >= 15 is 0 Å². The highest BCUT2D eigenvalue weighted by atomic mass is 16.1. The van der Waals surface area contributed by atoms with Gasteiger partial charge in [0.25, 0.3) is 0 Å². The first kappa shape index (κ1) is 15.8. The maximum Gasteiger partial charge on any atom is 0.219 e. The molecule has 1 atom stereocenters. The van der Waals surface area contributed by atoms with Crippen molar-refractivity contribution in [2.75, 3.05) is 0 Å². The van der Waals surface area contributed by atoms with Gasteiger partial charge in [-0.3, -0.25) is 9.48 Å². The third-order valence-electron chi connectivity index (χ3n) is 5.22. The number of fused-ring (bicyclic) bond motifs is 1. The van der Waals surface area contributed by atoms with Crippen molar-refractivity contribution in [2.24, 2.45) is 11.7 Å². The van der Waals surface area contributed by atoms with E-state index in [9.17, 15) is 4.79 Å². The van der Waals surface area contributed by atoms with Crippen LogP contribution in [0.5, 0.6) is 0 Å². The number of carbonyl (C=O) groups excluding carboxylic acids is 1. The number of carbonyl (C=O) groups is 1. The van der Waals surface area contributed by atoms with Gasteiger partial charge in [0.2, 0.25) is 5.91 Å². The van der Waals surface area contributed by atoms with Crippen LogP contribution in [0, 0.1) is 12.8 Å². The molecule has 3 N–H and O–H groups in total. The quantitative estimate of drug-likeness (QED) is 0.746. The molecule has 0 aromatic carbocycles. The molecule has 0 spiro atoms. The second kappa shape index (κ2) is 6.31. The Labute approximate surface area is 145 Å². The molecule has 7 heteroatoms. The number of primary amides is 1. The third kappa shape index (κ3) is 2.90. The SMILES string of the molecule is Cc1nn([C@H](CC(N)=O)C2CCCC2)cc1-c1ncnc2[nH]ccc12. The van der Waals surface area contributed by atoms with E-state index in [4.69, 9.17) is 10.8 Å². The molecule has 3 heterocycles. The Bertz CT molecular complexity index is 905. The highest BCUT2D eigenvalue weighted by molar-refractivity contribution is 5.90. The van der Waals surface area contributed by atoms with Gasteiger partial charge in [-0.2, -0.15) is 5.10 Å². The van der Waals surface area contributed by atoms with Gasteiger partial charge in [0, 0.05) is 29.8 Å². The van der Waals surface area contributed by atoms with Crippen LogP contribution in [-0.2, 0) is 4.79 Å². The summed E-state index contributed by atoms with van der Waals surface area (Å²) in [6.07, 6.45) is 10.4. The van der Waals surface area contributed by atoms with Crippen molar-refractivity contribution in [1.82, 2.24) is 24.7 Å². The first-order valence-electron chi connectivity index (χ1n) is 8.76. The van der Waals surface area contributed by atoms with Gasteiger partial charge in [-0.25, -0.2) is 9.97 Å². The molecule has 3 aromatic rings. The van der Waals surface area contributed by atoms with Crippen molar-refractivity contribution in [3.8, 4) is 11.3 Å². The molecule has 130 valence electrons. The molecule has 1 aliphatic rings. The van der Waals surface area contributed by atoms with Crippen LogP contribution in [0.1, 0.15) is 43.8 Å². The minimum atomic E-state index is -0.276. The molecule has 25 heavy (non-hydrogen) atoms. The molecule has 4 rings (SSSR count). The summed E-state index contributed by atoms with van der Waals surface area (Å²) in [5.41, 5.74) is 9.05. The fourth-order valence-electron chi connectivity index (χ4n) is 4.00. The number of aromatic amines is 1. The summed E-state index contributed by atoms with van der Waals surface area (Å²) < 4.78 is 1.94. The summed E-state index contributed by atoms with van der Waals surface area (Å²) in [6.45, 7) is 1.97. The van der Waals surface area contributed by atoms with Crippen molar-refractivity contribution < 1.29 is 4.79 Å². The smallest absolute Gasteiger partial charge is 0.219 e. The van der Waals surface area contributed by atoms with Gasteiger partial charge in [-0.1, -0.05) is 12.8 Å². The summed E-state index contributed by atoms with van der Waals surface area (Å²) in [5.74, 6) is 0.180. The molecule has 0 bridgehead atoms. The zero-order valence-electron chi connectivity index (χ0n) is 14.3. The van der Waals surface area contributed by atoms with E-state index < -0.39 is 0 Å². The Morgan fingerprint density at radius 1 is 1.40 bits per heavy atom. The van der Waals surface area contributed by atoms with E-state index in [0.717, 1.165) is 40.8 Å². The van der Waals surface area contributed by atoms with Gasteiger partial charge in [-0.15, -0.1) is 0 Å². The fraction of sp³-hybridized carbons (Fsp3) is 0.444. The molecule has 3 aromatic heterocycles. The molecule has 0 radical (unpaired) electrons. The van der Waals surface area contributed by atoms with Crippen LogP contribution in [0.15, 0.2) is 24.8 Å². The number of nitrogens with two attached hydrogens (primary N) is 1. The second-order valence-electron chi connectivity index (χ2n) is 6.85. The third-order valence-corrected chi connectivity index (χ3v) is 5.22. The van der Waals surface area contributed by atoms with E-state index in [-0.39, 0.29) is 11.9 Å². The number of aromatic nitrogens is 5. The lowest BCUT2D eigenvalue weighted by atomic mass is 9.95. The van der Waals surface area contributed by atoms with Gasteiger partial charge in [0.1, 0.15) is 12.0 Å². The topological polar surface area (TPSA) is 102 Å². The van der Waals surface area contributed by atoms with Crippen LogP contribution >= 0.6 is 0 Å². The Kier molecular flexibility index (Phi) is 3.99. The summed E-state index contributed by atoms with van der Waals surface area (Å²) >= 11 is 0. The van der Waals surface area contributed by atoms with E-state index in [0.29, 0.717) is 12.3 Å². The minimum absolute atomic E-state index is 0.0241. The number of H-pyrrole nitrogens is 1. The number of hydrogen-bond acceptors (Lipinski definition) is 4. The first-order chi connectivity index (χ1) is 12.1. The maximum atomic E-state index is 11.6. The van der Waals surface area contributed by atoms with E-state index in [1.165, 1.54) is 12.8 Å². The molecule has 1 saturated carbocycles. The van der Waals surface area contributed by atoms with Crippen LogP contribution in [0.2, 0.25) is 0 Å². The van der Waals surface area contributed by atoms with Crippen molar-refractivity contribution in [3.63, 3.8) is 0 Å². The van der Waals surface area contributed by atoms with Gasteiger partial charge in [-0.05, 0) is 31.7 Å². The standard InChI is InChI=1S/C18H22N6O/c1-11-14(17-13-6-7-20-18(13)22-10-21-17)9-24(23-11)15(8-16(19)25)12-4-2-3-5-12/h6-7,9-10,12,15H,2-5,8H2,1H3,(H2,19,25)(H,20,21,22)/t15-/m1/s1. The Balaban J connectivity index is 1.75. The molecule has 7 nitrogen and oxygen atoms in total. The molecule has 1 fully saturated rings. The molecule has 1 aliphatic carbocycles. The van der Waals surface area contributed by atoms with Crippen LogP contribution in [0.4, 0.5) is 0 Å². The number of rotatable bonds is 5. The Hall–Kier alpha value is -2.70. The lowest BCUT2D eigenvalue weighted by Crippen LogP contribution is -2.25. The summed E-state index contributed by atoms with van der Waals surface area (Å²) in [4.78, 5) is 23.4. The van der Waals surface area contributed by atoms with Crippen molar-refractivity contribution in [2.45, 2.75) is 45.1 Å². The van der Waals surface area contributed by atoms with Gasteiger partial charge >= 0.3 is 0 Å². The van der Waals surface area contributed by atoms with E-state index in [1.807, 2.05) is 30.1 Å². The van der Waals surface area contributed by atoms with Crippen molar-refractivity contribution >= 4 is 16.9 Å². The summed E-state index contributed by atoms with van der Waals surface area (Å²) in [6, 6.07) is 2.00. The van der Waals surface area contributed by atoms with Gasteiger partial charge < -0.3 is 10.7 Å². The predicted octanol–water partition coefficient (Wildman–Crippen LogP) is 2.74. The lowest BCUT2D eigenvalue weighted by Gasteiger charge is -2.22. The van der Waals surface area contributed by atoms with Crippen LogP contribution in [-0.4, -0.2) is 30.6 Å². The average Bonchev–Trinajstić information content (AvgIpc) is 3.32.